The van der Waals surface area contributed by atoms with E-state index in [1.54, 1.807) is 0 Å². The van der Waals surface area contributed by atoms with Crippen LogP contribution in [0.3, 0.4) is 0 Å². The number of carbonyl (C=O) groups is 2. The van der Waals surface area contributed by atoms with Crippen LogP contribution >= 0.6 is 0 Å². The van der Waals surface area contributed by atoms with Gasteiger partial charge in [0.1, 0.15) is 0 Å². The molecule has 4 N–H and O–H groups in total. The molecule has 1 atom stereocenters. The molecule has 1 aliphatic heterocycles. The van der Waals surface area contributed by atoms with Crippen LogP contribution in [0.15, 0.2) is 0 Å². The molecular formula is C11H21N3O3. The van der Waals surface area contributed by atoms with E-state index < -0.39 is 5.97 Å². The van der Waals surface area contributed by atoms with E-state index in [-0.39, 0.29) is 18.4 Å². The van der Waals surface area contributed by atoms with Crippen molar-refractivity contribution in [2.45, 2.75) is 31.7 Å². The maximum atomic E-state index is 11.5. The molecule has 0 aromatic rings. The molecule has 0 bridgehead atoms. The number of aliphatic carboxylic acids is 1. The van der Waals surface area contributed by atoms with Crippen molar-refractivity contribution >= 4 is 11.9 Å². The predicted molar refractivity (Wildman–Crippen MR) is 63.5 cm³/mol. The Morgan fingerprint density at radius 3 is 2.88 bits per heavy atom. The molecule has 0 saturated carbocycles. The fourth-order valence-electron chi connectivity index (χ4n) is 1.96. The largest absolute Gasteiger partial charge is 0.481 e. The van der Waals surface area contributed by atoms with Crippen LogP contribution in [0, 0.1) is 0 Å². The van der Waals surface area contributed by atoms with Crippen molar-refractivity contribution in [1.29, 1.82) is 0 Å². The van der Waals surface area contributed by atoms with Crippen molar-refractivity contribution in [2.24, 2.45) is 5.73 Å². The van der Waals surface area contributed by atoms with Crippen molar-refractivity contribution in [3.63, 3.8) is 0 Å². The number of hydrogen-bond acceptors (Lipinski definition) is 4. The van der Waals surface area contributed by atoms with Gasteiger partial charge in [-0.15, -0.1) is 0 Å². The van der Waals surface area contributed by atoms with Gasteiger partial charge < -0.3 is 16.2 Å². The quantitative estimate of drug-likeness (QED) is 0.541. The average Bonchev–Trinajstić information content (AvgIpc) is 2.24. The van der Waals surface area contributed by atoms with Gasteiger partial charge in [-0.2, -0.15) is 0 Å². The summed E-state index contributed by atoms with van der Waals surface area (Å²) in [6, 6.07) is 0.170. The van der Waals surface area contributed by atoms with Crippen LogP contribution in [0.25, 0.3) is 0 Å². The van der Waals surface area contributed by atoms with E-state index >= 15 is 0 Å². The maximum Gasteiger partial charge on any atom is 0.303 e. The number of amides is 1. The first-order valence-electron chi connectivity index (χ1n) is 6.04. The number of carbonyl (C=O) groups excluding carboxylic acids is 1. The summed E-state index contributed by atoms with van der Waals surface area (Å²) in [5.41, 5.74) is 5.82. The number of likely N-dealkylation sites (tertiary alicyclic amines) is 1. The van der Waals surface area contributed by atoms with Crippen LogP contribution in [-0.4, -0.2) is 54.1 Å². The summed E-state index contributed by atoms with van der Waals surface area (Å²) in [6.07, 6.45) is 2.62. The van der Waals surface area contributed by atoms with Crippen molar-refractivity contribution < 1.29 is 14.7 Å². The second-order valence-corrected chi connectivity index (χ2v) is 4.48. The molecular weight excluding hydrogens is 222 g/mol. The van der Waals surface area contributed by atoms with Gasteiger partial charge in [-0.05, 0) is 25.8 Å². The number of nitrogens with two attached hydrogens (primary N) is 1. The van der Waals surface area contributed by atoms with Crippen LogP contribution in [0.4, 0.5) is 0 Å². The second kappa shape index (κ2) is 7.24. The van der Waals surface area contributed by atoms with E-state index in [0.29, 0.717) is 19.5 Å². The Balaban J connectivity index is 2.09. The Bertz CT molecular complexity index is 271. The summed E-state index contributed by atoms with van der Waals surface area (Å²) in [4.78, 5) is 23.8. The molecule has 0 aliphatic carbocycles. The molecule has 0 spiro atoms. The molecule has 1 rings (SSSR count). The monoisotopic (exact) mass is 243 g/mol. The number of carboxylic acid groups (broad SMARTS) is 1. The highest BCUT2D eigenvalue weighted by Crippen LogP contribution is 2.07. The Morgan fingerprint density at radius 2 is 2.24 bits per heavy atom. The van der Waals surface area contributed by atoms with Crippen molar-refractivity contribution in [2.75, 3.05) is 26.2 Å². The van der Waals surface area contributed by atoms with Gasteiger partial charge in [-0.1, -0.05) is 0 Å². The summed E-state index contributed by atoms with van der Waals surface area (Å²) in [5, 5.41) is 11.1. The minimum atomic E-state index is -0.832. The topological polar surface area (TPSA) is 95.7 Å². The maximum absolute atomic E-state index is 11.5. The smallest absolute Gasteiger partial charge is 0.303 e. The highest BCUT2D eigenvalue weighted by molar-refractivity contribution is 5.78. The number of piperidine rings is 1. The Kier molecular flexibility index (Phi) is 5.93. The molecule has 17 heavy (non-hydrogen) atoms. The summed E-state index contributed by atoms with van der Waals surface area (Å²) in [5.74, 6) is -0.884. The van der Waals surface area contributed by atoms with E-state index in [2.05, 4.69) is 5.32 Å². The summed E-state index contributed by atoms with van der Waals surface area (Å²) in [6.45, 7) is 2.46. The third kappa shape index (κ3) is 6.23. The Morgan fingerprint density at radius 1 is 1.47 bits per heavy atom. The molecule has 1 saturated heterocycles. The van der Waals surface area contributed by atoms with Crippen LogP contribution < -0.4 is 11.1 Å². The van der Waals surface area contributed by atoms with Gasteiger partial charge in [0.2, 0.25) is 5.91 Å². The second-order valence-electron chi connectivity index (χ2n) is 4.48. The van der Waals surface area contributed by atoms with Gasteiger partial charge in [0, 0.05) is 25.6 Å². The van der Waals surface area contributed by atoms with Crippen LogP contribution in [0.2, 0.25) is 0 Å². The summed E-state index contributed by atoms with van der Waals surface area (Å²) in [7, 11) is 0. The number of rotatable bonds is 6. The number of hydrogen-bond donors (Lipinski definition) is 3. The van der Waals surface area contributed by atoms with Crippen molar-refractivity contribution in [3.8, 4) is 0 Å². The zero-order chi connectivity index (χ0) is 12.7. The number of carboxylic acids is 1. The molecule has 6 heteroatoms. The van der Waals surface area contributed by atoms with E-state index in [9.17, 15) is 9.59 Å². The lowest BCUT2D eigenvalue weighted by atomic mass is 10.1. The van der Waals surface area contributed by atoms with Crippen LogP contribution in [0.5, 0.6) is 0 Å². The van der Waals surface area contributed by atoms with E-state index in [0.717, 1.165) is 25.9 Å². The number of nitrogens with one attached hydrogen (secondary N) is 1. The third-order valence-electron chi connectivity index (χ3n) is 2.80. The number of nitrogens with zero attached hydrogens (tertiary/aromatic N) is 1. The van der Waals surface area contributed by atoms with Crippen LogP contribution in [0.1, 0.15) is 25.7 Å². The van der Waals surface area contributed by atoms with E-state index in [1.807, 2.05) is 4.90 Å². The van der Waals surface area contributed by atoms with Crippen molar-refractivity contribution in [1.82, 2.24) is 10.2 Å². The minimum Gasteiger partial charge on any atom is -0.481 e. The minimum absolute atomic E-state index is 0.0514. The first-order valence-corrected chi connectivity index (χ1v) is 6.04. The zero-order valence-electron chi connectivity index (χ0n) is 10.0. The fourth-order valence-corrected chi connectivity index (χ4v) is 1.96. The first kappa shape index (κ1) is 13.9. The van der Waals surface area contributed by atoms with E-state index in [1.165, 1.54) is 0 Å². The molecule has 1 amide bonds. The molecule has 1 aliphatic rings. The standard InChI is InChI=1S/C11H21N3O3/c12-9-3-2-6-14(7-9)8-10(15)13-5-1-4-11(16)17/h9H,1-8,12H2,(H,13,15)(H,16,17). The fraction of sp³-hybridized carbons (Fsp3) is 0.818. The van der Waals surface area contributed by atoms with Gasteiger partial charge in [-0.25, -0.2) is 0 Å². The van der Waals surface area contributed by atoms with Crippen molar-refractivity contribution in [3.05, 3.63) is 0 Å². The Hall–Kier alpha value is -1.14. The summed E-state index contributed by atoms with van der Waals surface area (Å²) >= 11 is 0. The molecule has 0 aromatic carbocycles. The normalized spacial score (nSPS) is 21.1. The van der Waals surface area contributed by atoms with Gasteiger partial charge in [0.15, 0.2) is 0 Å². The van der Waals surface area contributed by atoms with Gasteiger partial charge in [0.05, 0.1) is 6.54 Å². The lowest BCUT2D eigenvalue weighted by Gasteiger charge is -2.29. The van der Waals surface area contributed by atoms with Crippen LogP contribution in [-0.2, 0) is 9.59 Å². The molecule has 1 unspecified atom stereocenters. The molecule has 98 valence electrons. The highest BCUT2D eigenvalue weighted by Gasteiger charge is 2.18. The first-order chi connectivity index (χ1) is 8.08. The summed E-state index contributed by atoms with van der Waals surface area (Å²) < 4.78 is 0. The molecule has 6 nitrogen and oxygen atoms in total. The zero-order valence-corrected chi connectivity index (χ0v) is 10.0. The lowest BCUT2D eigenvalue weighted by Crippen LogP contribution is -2.47. The molecule has 0 radical (unpaired) electrons. The van der Waals surface area contributed by atoms with Gasteiger partial charge >= 0.3 is 5.97 Å². The Labute approximate surface area is 101 Å². The molecule has 1 heterocycles. The molecule has 0 aromatic heterocycles. The predicted octanol–water partition coefficient (Wildman–Crippen LogP) is -0.609. The van der Waals surface area contributed by atoms with E-state index in [4.69, 9.17) is 10.8 Å². The average molecular weight is 243 g/mol. The lowest BCUT2D eigenvalue weighted by molar-refractivity contribution is -0.137. The van der Waals surface area contributed by atoms with Gasteiger partial charge in [-0.3, -0.25) is 14.5 Å². The third-order valence-corrected chi connectivity index (χ3v) is 2.80. The highest BCUT2D eigenvalue weighted by atomic mass is 16.4. The molecule has 1 fully saturated rings. The van der Waals surface area contributed by atoms with Gasteiger partial charge in [0.25, 0.3) is 0 Å². The SMILES string of the molecule is NC1CCCN(CC(=O)NCCCC(=O)O)C1.